The number of hydrogen-bond donors (Lipinski definition) is 1. The first kappa shape index (κ1) is 9.90. The number of hydrogen-bond acceptors (Lipinski definition) is 3. The molecule has 12 heavy (non-hydrogen) atoms. The highest BCUT2D eigenvalue weighted by atomic mass is 32.2. The molecule has 0 aliphatic carbocycles. The van der Waals surface area contributed by atoms with Crippen LogP contribution in [0.3, 0.4) is 0 Å². The molecule has 0 bridgehead atoms. The van der Waals surface area contributed by atoms with Crippen LogP contribution in [-0.2, 0) is 0 Å². The van der Waals surface area contributed by atoms with Gasteiger partial charge in [0.15, 0.2) is 5.17 Å². The van der Waals surface area contributed by atoms with Crippen LogP contribution in [0.4, 0.5) is 0 Å². The lowest BCUT2D eigenvalue weighted by molar-refractivity contribution is 0.578. The van der Waals surface area contributed by atoms with Crippen LogP contribution in [0, 0.1) is 5.92 Å². The predicted octanol–water partition coefficient (Wildman–Crippen LogP) is 2.12. The first-order valence-electron chi connectivity index (χ1n) is 4.70. The van der Waals surface area contributed by atoms with Crippen molar-refractivity contribution in [1.82, 2.24) is 5.32 Å². The van der Waals surface area contributed by atoms with Crippen LogP contribution in [-0.4, -0.2) is 24.0 Å². The van der Waals surface area contributed by atoms with E-state index >= 15 is 0 Å². The molecular weight excluding hydrogens is 168 g/mol. The summed E-state index contributed by atoms with van der Waals surface area (Å²) in [6, 6.07) is 0. The Labute approximate surface area is 79.2 Å². The number of nitrogens with one attached hydrogen (secondary N) is 1. The molecule has 1 aliphatic heterocycles. The van der Waals surface area contributed by atoms with Crippen molar-refractivity contribution in [3.63, 3.8) is 0 Å². The maximum Gasteiger partial charge on any atom is 0.156 e. The van der Waals surface area contributed by atoms with Crippen LogP contribution in [0.25, 0.3) is 0 Å². The summed E-state index contributed by atoms with van der Waals surface area (Å²) < 4.78 is 0. The van der Waals surface area contributed by atoms with Gasteiger partial charge in [0.05, 0.1) is 0 Å². The molecule has 0 saturated carbocycles. The van der Waals surface area contributed by atoms with Crippen LogP contribution in [0.5, 0.6) is 0 Å². The molecule has 2 nitrogen and oxygen atoms in total. The van der Waals surface area contributed by atoms with E-state index in [4.69, 9.17) is 0 Å². The second kappa shape index (κ2) is 5.46. The Kier molecular flexibility index (Phi) is 4.51. The Balaban J connectivity index is 2.09. The zero-order chi connectivity index (χ0) is 8.81. The van der Waals surface area contributed by atoms with Crippen LogP contribution in [0.2, 0.25) is 0 Å². The summed E-state index contributed by atoms with van der Waals surface area (Å²) in [5, 5.41) is 4.52. The van der Waals surface area contributed by atoms with E-state index in [1.165, 1.54) is 18.6 Å². The summed E-state index contributed by atoms with van der Waals surface area (Å²) in [5.74, 6) is 2.01. The first-order valence-corrected chi connectivity index (χ1v) is 5.68. The summed E-state index contributed by atoms with van der Waals surface area (Å²) in [6.45, 7) is 6.58. The summed E-state index contributed by atoms with van der Waals surface area (Å²) in [4.78, 5) is 4.39. The van der Waals surface area contributed by atoms with Gasteiger partial charge in [-0.05, 0) is 18.8 Å². The Morgan fingerprint density at radius 3 is 3.00 bits per heavy atom. The summed E-state index contributed by atoms with van der Waals surface area (Å²) >= 11 is 1.85. The van der Waals surface area contributed by atoms with Gasteiger partial charge in [-0.1, -0.05) is 25.6 Å². The number of thioether (sulfide) groups is 1. The lowest BCUT2D eigenvalue weighted by Crippen LogP contribution is -2.25. The number of aliphatic imine (C=N–C) groups is 1. The molecule has 0 amide bonds. The smallest absolute Gasteiger partial charge is 0.156 e. The molecule has 3 heteroatoms. The Bertz CT molecular complexity index is 155. The lowest BCUT2D eigenvalue weighted by Gasteiger charge is -2.13. The zero-order valence-electron chi connectivity index (χ0n) is 7.97. The molecule has 0 aromatic carbocycles. The van der Waals surface area contributed by atoms with Crippen LogP contribution in [0.1, 0.15) is 26.7 Å². The fourth-order valence-electron chi connectivity index (χ4n) is 1.03. The molecule has 0 radical (unpaired) electrons. The maximum atomic E-state index is 4.39. The van der Waals surface area contributed by atoms with Gasteiger partial charge in [-0.15, -0.1) is 0 Å². The summed E-state index contributed by atoms with van der Waals surface area (Å²) in [7, 11) is 0. The highest BCUT2D eigenvalue weighted by molar-refractivity contribution is 8.13. The fourth-order valence-corrected chi connectivity index (χ4v) is 1.89. The molecule has 0 saturated heterocycles. The zero-order valence-corrected chi connectivity index (χ0v) is 8.78. The largest absolute Gasteiger partial charge is 0.365 e. The van der Waals surface area contributed by atoms with Crippen molar-refractivity contribution in [3.8, 4) is 0 Å². The van der Waals surface area contributed by atoms with Gasteiger partial charge in [-0.3, -0.25) is 4.99 Å². The maximum absolute atomic E-state index is 4.39. The van der Waals surface area contributed by atoms with Crippen molar-refractivity contribution in [3.05, 3.63) is 0 Å². The number of rotatable bonds is 3. The molecule has 0 fully saturated rings. The van der Waals surface area contributed by atoms with E-state index in [2.05, 4.69) is 24.2 Å². The van der Waals surface area contributed by atoms with Crippen LogP contribution < -0.4 is 5.32 Å². The Morgan fingerprint density at radius 2 is 2.42 bits per heavy atom. The van der Waals surface area contributed by atoms with E-state index in [1.54, 1.807) is 0 Å². The summed E-state index contributed by atoms with van der Waals surface area (Å²) in [6.07, 6.45) is 2.47. The van der Waals surface area contributed by atoms with Crippen molar-refractivity contribution < 1.29 is 0 Å². The molecule has 0 aromatic rings. The minimum absolute atomic E-state index is 0.784. The molecule has 0 spiro atoms. The van der Waals surface area contributed by atoms with Crippen molar-refractivity contribution in [1.29, 1.82) is 0 Å². The first-order chi connectivity index (χ1) is 5.79. The van der Waals surface area contributed by atoms with Gasteiger partial charge < -0.3 is 5.32 Å². The topological polar surface area (TPSA) is 24.4 Å². The Hall–Kier alpha value is -0.180. The second-order valence-corrected chi connectivity index (χ2v) is 4.58. The Morgan fingerprint density at radius 1 is 1.58 bits per heavy atom. The van der Waals surface area contributed by atoms with E-state index in [-0.39, 0.29) is 0 Å². The summed E-state index contributed by atoms with van der Waals surface area (Å²) in [5.41, 5.74) is 0. The van der Waals surface area contributed by atoms with Crippen molar-refractivity contribution in [2.24, 2.45) is 10.9 Å². The van der Waals surface area contributed by atoms with Gasteiger partial charge in [0.2, 0.25) is 0 Å². The van der Waals surface area contributed by atoms with E-state index in [0.29, 0.717) is 0 Å². The molecule has 1 heterocycles. The average Bonchev–Trinajstić information content (AvgIpc) is 2.05. The third-order valence-corrected chi connectivity index (χ3v) is 2.83. The van der Waals surface area contributed by atoms with Crippen molar-refractivity contribution in [2.45, 2.75) is 26.7 Å². The molecule has 1 N–H and O–H groups in total. The van der Waals surface area contributed by atoms with Crippen molar-refractivity contribution in [2.75, 3.05) is 18.8 Å². The van der Waals surface area contributed by atoms with Crippen LogP contribution in [0.15, 0.2) is 4.99 Å². The molecule has 1 aliphatic rings. The quantitative estimate of drug-likeness (QED) is 0.730. The molecule has 70 valence electrons. The van der Waals surface area contributed by atoms with E-state index < -0.39 is 0 Å². The predicted molar refractivity (Wildman–Crippen MR) is 56.8 cm³/mol. The second-order valence-electron chi connectivity index (χ2n) is 3.50. The van der Waals surface area contributed by atoms with Gasteiger partial charge in [-0.25, -0.2) is 0 Å². The number of amidine groups is 1. The fraction of sp³-hybridized carbons (Fsp3) is 0.889. The molecule has 0 unspecified atom stereocenters. The highest BCUT2D eigenvalue weighted by Gasteiger charge is 2.04. The van der Waals surface area contributed by atoms with Crippen molar-refractivity contribution >= 4 is 16.9 Å². The molecular formula is C9H18N2S. The standard InChI is InChI=1S/C9H18N2S/c1-8(2)4-6-11-9-10-5-3-7-12-9/h8H,3-7H2,1-2H3,(H,10,11). The van der Waals surface area contributed by atoms with Gasteiger partial charge in [0, 0.05) is 18.8 Å². The van der Waals surface area contributed by atoms with E-state index in [0.717, 1.165) is 24.2 Å². The lowest BCUT2D eigenvalue weighted by atomic mass is 10.1. The molecule has 1 rings (SSSR count). The van der Waals surface area contributed by atoms with Gasteiger partial charge in [-0.2, -0.15) is 0 Å². The number of nitrogens with zero attached hydrogens (tertiary/aromatic N) is 1. The van der Waals surface area contributed by atoms with Crippen LogP contribution >= 0.6 is 11.8 Å². The van der Waals surface area contributed by atoms with Gasteiger partial charge >= 0.3 is 0 Å². The van der Waals surface area contributed by atoms with E-state index in [1.807, 2.05) is 11.8 Å². The van der Waals surface area contributed by atoms with Gasteiger partial charge in [0.25, 0.3) is 0 Å². The SMILES string of the molecule is CC(C)CCNC1=NCCCS1. The molecule has 0 aromatic heterocycles. The third-order valence-electron chi connectivity index (χ3n) is 1.79. The van der Waals surface area contributed by atoms with E-state index in [9.17, 15) is 0 Å². The molecule has 0 atom stereocenters. The minimum atomic E-state index is 0.784. The average molecular weight is 186 g/mol. The normalized spacial score (nSPS) is 17.8. The minimum Gasteiger partial charge on any atom is -0.365 e. The van der Waals surface area contributed by atoms with Gasteiger partial charge in [0.1, 0.15) is 0 Å². The monoisotopic (exact) mass is 186 g/mol. The third kappa shape index (κ3) is 4.00. The highest BCUT2D eigenvalue weighted by Crippen LogP contribution is 2.10.